The van der Waals surface area contributed by atoms with Gasteiger partial charge in [0.05, 0.1) is 5.60 Å². The SMILES string of the molecule is CCSc1ccc(C2(O)CCC2)cc1. The van der Waals surface area contributed by atoms with E-state index in [1.807, 2.05) is 11.8 Å². The lowest BCUT2D eigenvalue weighted by atomic mass is 9.75. The maximum atomic E-state index is 10.1. The van der Waals surface area contributed by atoms with Gasteiger partial charge in [-0.2, -0.15) is 0 Å². The van der Waals surface area contributed by atoms with Crippen LogP contribution in [-0.2, 0) is 5.60 Å². The molecule has 2 rings (SSSR count). The van der Waals surface area contributed by atoms with Crippen LogP contribution in [0.4, 0.5) is 0 Å². The van der Waals surface area contributed by atoms with Gasteiger partial charge < -0.3 is 5.11 Å². The van der Waals surface area contributed by atoms with Crippen molar-refractivity contribution in [2.45, 2.75) is 36.7 Å². The van der Waals surface area contributed by atoms with Gasteiger partial charge in [0.1, 0.15) is 0 Å². The lowest BCUT2D eigenvalue weighted by Gasteiger charge is -2.37. The Kier molecular flexibility index (Phi) is 2.84. The third kappa shape index (κ3) is 1.82. The summed E-state index contributed by atoms with van der Waals surface area (Å²) in [7, 11) is 0. The second-order valence-electron chi connectivity index (χ2n) is 3.84. The molecule has 0 atom stereocenters. The fraction of sp³-hybridized carbons (Fsp3) is 0.500. The van der Waals surface area contributed by atoms with Crippen LogP contribution in [0.3, 0.4) is 0 Å². The van der Waals surface area contributed by atoms with Gasteiger partial charge in [-0.1, -0.05) is 19.1 Å². The van der Waals surface area contributed by atoms with E-state index >= 15 is 0 Å². The minimum atomic E-state index is -0.505. The van der Waals surface area contributed by atoms with Gasteiger partial charge in [0.2, 0.25) is 0 Å². The van der Waals surface area contributed by atoms with E-state index in [9.17, 15) is 5.11 Å². The van der Waals surface area contributed by atoms with Crippen LogP contribution in [0.5, 0.6) is 0 Å². The summed E-state index contributed by atoms with van der Waals surface area (Å²) in [6.45, 7) is 2.15. The molecule has 0 aliphatic heterocycles. The van der Waals surface area contributed by atoms with Crippen molar-refractivity contribution in [3.63, 3.8) is 0 Å². The number of thioether (sulfide) groups is 1. The first-order chi connectivity index (χ1) is 6.74. The first kappa shape index (κ1) is 10.1. The number of hydrogen-bond donors (Lipinski definition) is 1. The van der Waals surface area contributed by atoms with Gasteiger partial charge in [-0.25, -0.2) is 0 Å². The largest absolute Gasteiger partial charge is 0.385 e. The van der Waals surface area contributed by atoms with E-state index in [0.717, 1.165) is 30.6 Å². The summed E-state index contributed by atoms with van der Waals surface area (Å²) >= 11 is 1.84. The fourth-order valence-electron chi connectivity index (χ4n) is 1.83. The van der Waals surface area contributed by atoms with Crippen LogP contribution in [0, 0.1) is 0 Å². The van der Waals surface area contributed by atoms with Crippen molar-refractivity contribution in [1.29, 1.82) is 0 Å². The molecule has 0 radical (unpaired) electrons. The molecule has 1 N–H and O–H groups in total. The maximum absolute atomic E-state index is 10.1. The Balaban J connectivity index is 2.13. The van der Waals surface area contributed by atoms with Crippen molar-refractivity contribution in [1.82, 2.24) is 0 Å². The van der Waals surface area contributed by atoms with Crippen molar-refractivity contribution in [3.05, 3.63) is 29.8 Å². The van der Waals surface area contributed by atoms with Crippen LogP contribution in [-0.4, -0.2) is 10.9 Å². The quantitative estimate of drug-likeness (QED) is 0.770. The molecule has 1 nitrogen and oxygen atoms in total. The Morgan fingerprint density at radius 1 is 1.29 bits per heavy atom. The zero-order valence-electron chi connectivity index (χ0n) is 8.49. The highest BCUT2D eigenvalue weighted by Crippen LogP contribution is 2.41. The summed E-state index contributed by atoms with van der Waals surface area (Å²) in [5.74, 6) is 1.10. The van der Waals surface area contributed by atoms with Crippen LogP contribution in [0.15, 0.2) is 29.2 Å². The summed E-state index contributed by atoms with van der Waals surface area (Å²) in [6, 6.07) is 8.36. The Morgan fingerprint density at radius 2 is 1.93 bits per heavy atom. The van der Waals surface area contributed by atoms with Crippen LogP contribution in [0.1, 0.15) is 31.7 Å². The zero-order chi connectivity index (χ0) is 10.0. The molecule has 0 aromatic heterocycles. The fourth-order valence-corrected chi connectivity index (χ4v) is 2.49. The molecule has 2 heteroatoms. The topological polar surface area (TPSA) is 20.2 Å². The van der Waals surface area contributed by atoms with Crippen molar-refractivity contribution < 1.29 is 5.11 Å². The van der Waals surface area contributed by atoms with Gasteiger partial charge >= 0.3 is 0 Å². The maximum Gasteiger partial charge on any atom is 0.0896 e. The van der Waals surface area contributed by atoms with E-state index in [1.54, 1.807) is 0 Å². The molecular weight excluding hydrogens is 192 g/mol. The second kappa shape index (κ2) is 3.95. The number of rotatable bonds is 3. The molecule has 76 valence electrons. The summed E-state index contributed by atoms with van der Waals surface area (Å²) < 4.78 is 0. The minimum Gasteiger partial charge on any atom is -0.385 e. The molecule has 0 heterocycles. The van der Waals surface area contributed by atoms with Crippen LogP contribution < -0.4 is 0 Å². The normalized spacial score (nSPS) is 19.0. The standard InChI is InChI=1S/C12H16OS/c1-2-14-11-6-4-10(5-7-11)12(13)8-3-9-12/h4-7,13H,2-3,8-9H2,1H3. The Bertz CT molecular complexity index is 301. The molecule has 1 aliphatic rings. The van der Waals surface area contributed by atoms with Crippen molar-refractivity contribution >= 4 is 11.8 Å². The monoisotopic (exact) mass is 208 g/mol. The summed E-state index contributed by atoms with van der Waals surface area (Å²) in [4.78, 5) is 1.29. The highest BCUT2D eigenvalue weighted by Gasteiger charge is 2.35. The minimum absolute atomic E-state index is 0.505. The van der Waals surface area contributed by atoms with Crippen molar-refractivity contribution in [3.8, 4) is 0 Å². The molecule has 0 unspecified atom stereocenters. The molecule has 0 amide bonds. The summed E-state index contributed by atoms with van der Waals surface area (Å²) in [5, 5.41) is 10.1. The first-order valence-corrected chi connectivity index (χ1v) is 6.19. The highest BCUT2D eigenvalue weighted by molar-refractivity contribution is 7.99. The van der Waals surface area contributed by atoms with Crippen molar-refractivity contribution in [2.24, 2.45) is 0 Å². The van der Waals surface area contributed by atoms with E-state index in [2.05, 4.69) is 31.2 Å². The van der Waals surface area contributed by atoms with Gasteiger partial charge in [-0.3, -0.25) is 0 Å². The van der Waals surface area contributed by atoms with Gasteiger partial charge in [-0.15, -0.1) is 11.8 Å². The van der Waals surface area contributed by atoms with Gasteiger partial charge in [0, 0.05) is 4.90 Å². The first-order valence-electron chi connectivity index (χ1n) is 5.20. The molecule has 1 aromatic rings. The van der Waals surface area contributed by atoms with Crippen LogP contribution in [0.25, 0.3) is 0 Å². The molecule has 1 aromatic carbocycles. The van der Waals surface area contributed by atoms with E-state index in [-0.39, 0.29) is 0 Å². The zero-order valence-corrected chi connectivity index (χ0v) is 9.31. The van der Waals surface area contributed by atoms with E-state index < -0.39 is 5.60 Å². The number of aliphatic hydroxyl groups is 1. The molecular formula is C12H16OS. The van der Waals surface area contributed by atoms with Crippen LogP contribution in [0.2, 0.25) is 0 Å². The van der Waals surface area contributed by atoms with E-state index in [1.165, 1.54) is 4.90 Å². The summed E-state index contributed by atoms with van der Waals surface area (Å²) in [6.07, 6.45) is 3.00. The molecule has 0 saturated heterocycles. The van der Waals surface area contributed by atoms with E-state index in [0.29, 0.717) is 0 Å². The number of benzene rings is 1. The third-order valence-corrected chi connectivity index (χ3v) is 3.78. The predicted molar refractivity (Wildman–Crippen MR) is 60.6 cm³/mol. The average Bonchev–Trinajstić information content (AvgIpc) is 2.16. The lowest BCUT2D eigenvalue weighted by Crippen LogP contribution is -2.33. The second-order valence-corrected chi connectivity index (χ2v) is 5.18. The summed E-state index contributed by atoms with van der Waals surface area (Å²) in [5.41, 5.74) is 0.583. The highest BCUT2D eigenvalue weighted by atomic mass is 32.2. The number of hydrogen-bond acceptors (Lipinski definition) is 2. The van der Waals surface area contributed by atoms with Gasteiger partial charge in [-0.05, 0) is 42.7 Å². The smallest absolute Gasteiger partial charge is 0.0896 e. The van der Waals surface area contributed by atoms with Crippen molar-refractivity contribution in [2.75, 3.05) is 5.75 Å². The van der Waals surface area contributed by atoms with E-state index in [4.69, 9.17) is 0 Å². The predicted octanol–water partition coefficient (Wildman–Crippen LogP) is 3.17. The van der Waals surface area contributed by atoms with Crippen LogP contribution >= 0.6 is 11.8 Å². The molecule has 1 fully saturated rings. The molecule has 0 bridgehead atoms. The molecule has 0 spiro atoms. The molecule has 1 aliphatic carbocycles. The molecule has 1 saturated carbocycles. The lowest BCUT2D eigenvalue weighted by molar-refractivity contribution is -0.0388. The Hall–Kier alpha value is -0.470. The molecule has 14 heavy (non-hydrogen) atoms. The van der Waals surface area contributed by atoms with Gasteiger partial charge in [0.15, 0.2) is 0 Å². The Labute approximate surface area is 89.5 Å². The Morgan fingerprint density at radius 3 is 2.36 bits per heavy atom. The average molecular weight is 208 g/mol. The van der Waals surface area contributed by atoms with Gasteiger partial charge in [0.25, 0.3) is 0 Å². The third-order valence-electron chi connectivity index (χ3n) is 2.88.